The summed E-state index contributed by atoms with van der Waals surface area (Å²) < 4.78 is 0. The fourth-order valence-electron chi connectivity index (χ4n) is 3.46. The maximum absolute atomic E-state index is 10.0. The second kappa shape index (κ2) is 5.99. The highest BCUT2D eigenvalue weighted by Crippen LogP contribution is 2.36. The SMILES string of the molecule is N#Cc1cccc(-c2c[nH]c3nccc(N4CCCC(O)C4)c23)c1. The lowest BCUT2D eigenvalue weighted by atomic mass is 10.0. The second-order valence-electron chi connectivity index (χ2n) is 6.19. The fraction of sp³-hybridized carbons (Fsp3) is 0.263. The minimum Gasteiger partial charge on any atom is -0.391 e. The average Bonchev–Trinajstić information content (AvgIpc) is 3.06. The van der Waals surface area contributed by atoms with Crippen LogP contribution in [0.3, 0.4) is 0 Å². The van der Waals surface area contributed by atoms with Crippen LogP contribution < -0.4 is 4.90 Å². The predicted molar refractivity (Wildman–Crippen MR) is 93.7 cm³/mol. The summed E-state index contributed by atoms with van der Waals surface area (Å²) in [6.45, 7) is 1.57. The summed E-state index contributed by atoms with van der Waals surface area (Å²) in [5.41, 5.74) is 4.57. The van der Waals surface area contributed by atoms with Crippen molar-refractivity contribution in [1.29, 1.82) is 5.26 Å². The van der Waals surface area contributed by atoms with Crippen LogP contribution in [0.15, 0.2) is 42.7 Å². The average molecular weight is 318 g/mol. The number of nitrogens with one attached hydrogen (secondary N) is 1. The van der Waals surface area contributed by atoms with E-state index < -0.39 is 0 Å². The molecule has 120 valence electrons. The second-order valence-corrected chi connectivity index (χ2v) is 6.19. The van der Waals surface area contributed by atoms with Crippen LogP contribution in [-0.2, 0) is 0 Å². The predicted octanol–water partition coefficient (Wildman–Crippen LogP) is 3.06. The Morgan fingerprint density at radius 1 is 1.33 bits per heavy atom. The summed E-state index contributed by atoms with van der Waals surface area (Å²) in [4.78, 5) is 9.89. The molecule has 1 unspecified atom stereocenters. The van der Waals surface area contributed by atoms with Gasteiger partial charge in [-0.15, -0.1) is 0 Å². The standard InChI is InChI=1S/C19H18N4O/c20-10-13-3-1-4-14(9-13)16-11-22-19-18(16)17(6-7-21-19)23-8-2-5-15(24)12-23/h1,3-4,6-7,9,11,15,24H,2,5,8,12H2,(H,21,22). The Bertz CT molecular complexity index is 925. The molecule has 2 N–H and O–H groups in total. The Labute approximate surface area is 140 Å². The van der Waals surface area contributed by atoms with Gasteiger partial charge in [0.1, 0.15) is 5.65 Å². The number of β-amino-alcohol motifs (C(OH)–C–C–N with tert-alkyl or cyclic N) is 1. The number of H-pyrrole nitrogens is 1. The molecule has 1 aromatic carbocycles. The van der Waals surface area contributed by atoms with Crippen LogP contribution in [0, 0.1) is 11.3 Å². The number of aromatic nitrogens is 2. The zero-order chi connectivity index (χ0) is 16.5. The normalized spacial score (nSPS) is 17.8. The number of rotatable bonds is 2. The van der Waals surface area contributed by atoms with Gasteiger partial charge in [0.05, 0.1) is 23.4 Å². The number of piperidine rings is 1. The monoisotopic (exact) mass is 318 g/mol. The number of anilines is 1. The topological polar surface area (TPSA) is 75.9 Å². The van der Waals surface area contributed by atoms with Gasteiger partial charge in [0.2, 0.25) is 0 Å². The van der Waals surface area contributed by atoms with E-state index in [1.807, 2.05) is 30.5 Å². The van der Waals surface area contributed by atoms with Crippen LogP contribution >= 0.6 is 0 Å². The molecule has 3 heterocycles. The van der Waals surface area contributed by atoms with Crippen molar-refractivity contribution in [3.63, 3.8) is 0 Å². The molecule has 1 saturated heterocycles. The van der Waals surface area contributed by atoms with Crippen LogP contribution in [0.4, 0.5) is 5.69 Å². The van der Waals surface area contributed by atoms with Crippen molar-refractivity contribution >= 4 is 16.7 Å². The molecular weight excluding hydrogens is 300 g/mol. The third-order valence-electron chi connectivity index (χ3n) is 4.59. The number of aliphatic hydroxyl groups is 1. The van der Waals surface area contributed by atoms with Crippen LogP contribution in [0.2, 0.25) is 0 Å². The number of nitrogens with zero attached hydrogens (tertiary/aromatic N) is 3. The quantitative estimate of drug-likeness (QED) is 0.761. The van der Waals surface area contributed by atoms with Gasteiger partial charge in [0, 0.05) is 36.4 Å². The van der Waals surface area contributed by atoms with E-state index in [1.165, 1.54) is 0 Å². The molecule has 0 bridgehead atoms. The minimum absolute atomic E-state index is 0.286. The van der Waals surface area contributed by atoms with Crippen LogP contribution in [-0.4, -0.2) is 34.3 Å². The Balaban J connectivity index is 1.87. The van der Waals surface area contributed by atoms with Crippen molar-refractivity contribution in [1.82, 2.24) is 9.97 Å². The summed E-state index contributed by atoms with van der Waals surface area (Å²) in [6, 6.07) is 11.8. The molecular formula is C19H18N4O. The van der Waals surface area contributed by atoms with Crippen molar-refractivity contribution in [3.05, 3.63) is 48.3 Å². The van der Waals surface area contributed by atoms with Crippen molar-refractivity contribution in [2.24, 2.45) is 0 Å². The molecule has 1 atom stereocenters. The molecule has 2 aromatic heterocycles. The molecule has 0 aliphatic carbocycles. The summed E-state index contributed by atoms with van der Waals surface area (Å²) in [7, 11) is 0. The molecule has 1 aliphatic heterocycles. The number of benzene rings is 1. The first-order chi connectivity index (χ1) is 11.8. The van der Waals surface area contributed by atoms with E-state index in [0.29, 0.717) is 12.1 Å². The van der Waals surface area contributed by atoms with Crippen LogP contribution in [0.1, 0.15) is 18.4 Å². The van der Waals surface area contributed by atoms with Crippen LogP contribution in [0.5, 0.6) is 0 Å². The van der Waals surface area contributed by atoms with Gasteiger partial charge in [-0.2, -0.15) is 5.26 Å². The molecule has 1 aliphatic rings. The number of aromatic amines is 1. The van der Waals surface area contributed by atoms with Gasteiger partial charge < -0.3 is 15.0 Å². The Hall–Kier alpha value is -2.84. The molecule has 0 spiro atoms. The number of hydrogen-bond acceptors (Lipinski definition) is 4. The van der Waals surface area contributed by atoms with Gasteiger partial charge in [0.25, 0.3) is 0 Å². The van der Waals surface area contributed by atoms with E-state index >= 15 is 0 Å². The van der Waals surface area contributed by atoms with Gasteiger partial charge in [-0.05, 0) is 36.6 Å². The first-order valence-electron chi connectivity index (χ1n) is 8.16. The molecule has 0 radical (unpaired) electrons. The maximum atomic E-state index is 10.0. The molecule has 1 fully saturated rings. The largest absolute Gasteiger partial charge is 0.391 e. The molecule has 3 aromatic rings. The lowest BCUT2D eigenvalue weighted by Crippen LogP contribution is -2.38. The molecule has 5 heteroatoms. The Morgan fingerprint density at radius 2 is 2.25 bits per heavy atom. The molecule has 4 rings (SSSR count). The zero-order valence-electron chi connectivity index (χ0n) is 13.2. The van der Waals surface area contributed by atoms with E-state index in [2.05, 4.69) is 20.9 Å². The summed E-state index contributed by atoms with van der Waals surface area (Å²) >= 11 is 0. The fourth-order valence-corrected chi connectivity index (χ4v) is 3.46. The van der Waals surface area contributed by atoms with E-state index in [-0.39, 0.29) is 6.10 Å². The smallest absolute Gasteiger partial charge is 0.139 e. The zero-order valence-corrected chi connectivity index (χ0v) is 13.2. The number of fused-ring (bicyclic) bond motifs is 1. The van der Waals surface area contributed by atoms with Crippen molar-refractivity contribution in [2.45, 2.75) is 18.9 Å². The third-order valence-corrected chi connectivity index (χ3v) is 4.59. The molecule has 0 amide bonds. The van der Waals surface area contributed by atoms with Crippen molar-refractivity contribution < 1.29 is 5.11 Å². The summed E-state index contributed by atoms with van der Waals surface area (Å²) in [6.07, 6.45) is 5.29. The number of hydrogen-bond donors (Lipinski definition) is 2. The first-order valence-corrected chi connectivity index (χ1v) is 8.16. The van der Waals surface area contributed by atoms with Gasteiger partial charge >= 0.3 is 0 Å². The van der Waals surface area contributed by atoms with Gasteiger partial charge in [0.15, 0.2) is 0 Å². The first kappa shape index (κ1) is 14.7. The van der Waals surface area contributed by atoms with Crippen LogP contribution in [0.25, 0.3) is 22.2 Å². The lowest BCUT2D eigenvalue weighted by Gasteiger charge is -2.32. The third kappa shape index (κ3) is 2.51. The highest BCUT2D eigenvalue weighted by molar-refractivity contribution is 6.02. The maximum Gasteiger partial charge on any atom is 0.139 e. The molecule has 0 saturated carbocycles. The van der Waals surface area contributed by atoms with Crippen molar-refractivity contribution in [3.8, 4) is 17.2 Å². The number of nitriles is 1. The molecule has 5 nitrogen and oxygen atoms in total. The van der Waals surface area contributed by atoms with Gasteiger partial charge in [-0.3, -0.25) is 0 Å². The lowest BCUT2D eigenvalue weighted by molar-refractivity contribution is 0.154. The Morgan fingerprint density at radius 3 is 3.08 bits per heavy atom. The number of aliphatic hydroxyl groups excluding tert-OH is 1. The Kier molecular flexibility index (Phi) is 3.68. The van der Waals surface area contributed by atoms with E-state index in [0.717, 1.165) is 47.2 Å². The highest BCUT2D eigenvalue weighted by Gasteiger charge is 2.21. The molecule has 24 heavy (non-hydrogen) atoms. The minimum atomic E-state index is -0.286. The van der Waals surface area contributed by atoms with E-state index in [4.69, 9.17) is 5.26 Å². The van der Waals surface area contributed by atoms with Gasteiger partial charge in [-0.25, -0.2) is 4.98 Å². The highest BCUT2D eigenvalue weighted by atomic mass is 16.3. The summed E-state index contributed by atoms with van der Waals surface area (Å²) in [5, 5.41) is 20.2. The number of pyridine rings is 1. The van der Waals surface area contributed by atoms with Gasteiger partial charge in [-0.1, -0.05) is 12.1 Å². The van der Waals surface area contributed by atoms with Crippen molar-refractivity contribution in [2.75, 3.05) is 18.0 Å². The van der Waals surface area contributed by atoms with E-state index in [9.17, 15) is 5.11 Å². The summed E-state index contributed by atoms with van der Waals surface area (Å²) in [5.74, 6) is 0. The van der Waals surface area contributed by atoms with E-state index in [1.54, 1.807) is 12.3 Å².